The number of rotatable bonds is 5. The number of fused-ring (bicyclic) bond motifs is 1. The molecule has 1 atom stereocenters. The minimum Gasteiger partial charge on any atom is -0.350 e. The van der Waals surface area contributed by atoms with E-state index in [0.29, 0.717) is 22.9 Å². The highest BCUT2D eigenvalue weighted by Gasteiger charge is 2.26. The molecule has 0 saturated heterocycles. The second-order valence-corrected chi connectivity index (χ2v) is 7.81. The number of carbonyl (C=O) groups is 2. The van der Waals surface area contributed by atoms with Gasteiger partial charge in [-0.1, -0.05) is 30.7 Å². The van der Waals surface area contributed by atoms with E-state index in [1.165, 1.54) is 11.8 Å². The molecule has 0 aliphatic carbocycles. The molecule has 4 nitrogen and oxygen atoms in total. The van der Waals surface area contributed by atoms with Crippen LogP contribution < -0.4 is 10.2 Å². The van der Waals surface area contributed by atoms with Gasteiger partial charge >= 0.3 is 0 Å². The second kappa shape index (κ2) is 8.14. The monoisotopic (exact) mass is 388 g/mol. The number of nitrogens with one attached hydrogen (secondary N) is 1. The van der Waals surface area contributed by atoms with E-state index in [0.717, 1.165) is 22.6 Å². The third kappa shape index (κ3) is 4.22. The fourth-order valence-electron chi connectivity index (χ4n) is 2.70. The molecule has 0 radical (unpaired) electrons. The molecule has 1 N–H and O–H groups in total. The molecule has 0 fully saturated rings. The maximum atomic E-state index is 12.5. The first-order valence-corrected chi connectivity index (χ1v) is 9.96. The lowest BCUT2D eigenvalue weighted by Crippen LogP contribution is -2.35. The normalized spacial score (nSPS) is 14.7. The van der Waals surface area contributed by atoms with Crippen LogP contribution in [0.25, 0.3) is 0 Å². The highest BCUT2D eigenvalue weighted by molar-refractivity contribution is 8.00. The van der Waals surface area contributed by atoms with Crippen molar-refractivity contribution in [2.45, 2.75) is 37.8 Å². The van der Waals surface area contributed by atoms with E-state index in [4.69, 9.17) is 11.6 Å². The van der Waals surface area contributed by atoms with Crippen molar-refractivity contribution in [2.75, 3.05) is 10.7 Å². The van der Waals surface area contributed by atoms with Gasteiger partial charge in [-0.3, -0.25) is 9.59 Å². The molecule has 26 heavy (non-hydrogen) atoms. The Morgan fingerprint density at radius 3 is 2.69 bits per heavy atom. The van der Waals surface area contributed by atoms with Crippen LogP contribution in [0, 0.1) is 0 Å². The Bertz CT molecular complexity index is 823. The van der Waals surface area contributed by atoms with Crippen LogP contribution in [0.4, 0.5) is 5.69 Å². The summed E-state index contributed by atoms with van der Waals surface area (Å²) < 4.78 is 0. The molecule has 0 bridgehead atoms. The molecule has 1 heterocycles. The zero-order valence-corrected chi connectivity index (χ0v) is 16.4. The van der Waals surface area contributed by atoms with Crippen molar-refractivity contribution in [1.82, 2.24) is 5.32 Å². The minimum absolute atomic E-state index is 0.0388. The van der Waals surface area contributed by atoms with Crippen molar-refractivity contribution in [3.8, 4) is 0 Å². The third-order valence-electron chi connectivity index (χ3n) is 4.41. The van der Waals surface area contributed by atoms with Crippen molar-refractivity contribution in [1.29, 1.82) is 0 Å². The van der Waals surface area contributed by atoms with Crippen molar-refractivity contribution >= 4 is 40.9 Å². The molecule has 0 aromatic heterocycles. The Labute approximate surface area is 162 Å². The maximum Gasteiger partial charge on any atom is 0.251 e. The van der Waals surface area contributed by atoms with Gasteiger partial charge < -0.3 is 10.2 Å². The van der Waals surface area contributed by atoms with Crippen LogP contribution in [0.5, 0.6) is 0 Å². The number of thioether (sulfide) groups is 1. The molecule has 1 aliphatic rings. The zero-order chi connectivity index (χ0) is 18.7. The molecule has 136 valence electrons. The van der Waals surface area contributed by atoms with Gasteiger partial charge in [0.1, 0.15) is 0 Å². The van der Waals surface area contributed by atoms with Gasteiger partial charge in [0, 0.05) is 21.5 Å². The van der Waals surface area contributed by atoms with E-state index in [1.807, 2.05) is 56.3 Å². The first-order valence-electron chi connectivity index (χ1n) is 8.60. The fourth-order valence-corrected chi connectivity index (χ4v) is 3.74. The lowest BCUT2D eigenvalue weighted by atomic mass is 10.1. The molecular formula is C20H21ClN2O2S. The van der Waals surface area contributed by atoms with Crippen molar-refractivity contribution in [3.63, 3.8) is 0 Å². The predicted octanol–water partition coefficient (Wildman–Crippen LogP) is 4.51. The second-order valence-electron chi connectivity index (χ2n) is 6.36. The average Bonchev–Trinajstić information content (AvgIpc) is 2.65. The molecular weight excluding hydrogens is 368 g/mol. The number of hydrogen-bond acceptors (Lipinski definition) is 3. The third-order valence-corrected chi connectivity index (χ3v) is 5.71. The Kier molecular flexibility index (Phi) is 5.89. The number of nitrogens with zero attached hydrogens (tertiary/aromatic N) is 1. The van der Waals surface area contributed by atoms with E-state index in [1.54, 1.807) is 4.90 Å². The van der Waals surface area contributed by atoms with E-state index in [-0.39, 0.29) is 17.9 Å². The summed E-state index contributed by atoms with van der Waals surface area (Å²) in [6, 6.07) is 13.1. The summed E-state index contributed by atoms with van der Waals surface area (Å²) in [5.74, 6) is 0.326. The number of amides is 2. The SMILES string of the molecule is CCC(C)NC(=O)c1ccc2c(c1)N(Cc1ccc(Cl)cc1)C(=O)CS2. The van der Waals surface area contributed by atoms with E-state index < -0.39 is 0 Å². The maximum absolute atomic E-state index is 12.5. The highest BCUT2D eigenvalue weighted by Crippen LogP contribution is 2.37. The number of halogens is 1. The van der Waals surface area contributed by atoms with Crippen LogP contribution in [0.3, 0.4) is 0 Å². The van der Waals surface area contributed by atoms with Gasteiger partial charge in [0.15, 0.2) is 0 Å². The summed E-state index contributed by atoms with van der Waals surface area (Å²) in [6.45, 7) is 4.46. The lowest BCUT2D eigenvalue weighted by molar-refractivity contribution is -0.116. The Balaban J connectivity index is 1.89. The van der Waals surface area contributed by atoms with E-state index >= 15 is 0 Å². The summed E-state index contributed by atoms with van der Waals surface area (Å²) in [4.78, 5) is 27.7. The van der Waals surface area contributed by atoms with Gasteiger partial charge in [-0.05, 0) is 49.2 Å². The van der Waals surface area contributed by atoms with Gasteiger partial charge in [-0.2, -0.15) is 0 Å². The predicted molar refractivity (Wildman–Crippen MR) is 107 cm³/mol. The van der Waals surface area contributed by atoms with Gasteiger partial charge in [0.25, 0.3) is 5.91 Å². The molecule has 2 amide bonds. The summed E-state index contributed by atoms with van der Waals surface area (Å²) in [6.07, 6.45) is 0.869. The van der Waals surface area contributed by atoms with Crippen LogP contribution in [0.15, 0.2) is 47.4 Å². The molecule has 1 aliphatic heterocycles. The van der Waals surface area contributed by atoms with Crippen LogP contribution >= 0.6 is 23.4 Å². The molecule has 3 rings (SSSR count). The molecule has 1 unspecified atom stereocenters. The standard InChI is InChI=1S/C20H21ClN2O2S/c1-3-13(2)22-20(25)15-6-9-18-17(10-15)23(19(24)12-26-18)11-14-4-7-16(21)8-5-14/h4-10,13H,3,11-12H2,1-2H3,(H,22,25). The summed E-state index contributed by atoms with van der Waals surface area (Å²) in [7, 11) is 0. The lowest BCUT2D eigenvalue weighted by Gasteiger charge is -2.29. The number of benzene rings is 2. The zero-order valence-electron chi connectivity index (χ0n) is 14.8. The van der Waals surface area contributed by atoms with Crippen LogP contribution in [0.1, 0.15) is 36.2 Å². The summed E-state index contributed by atoms with van der Waals surface area (Å²) in [5, 5.41) is 3.64. The van der Waals surface area contributed by atoms with Gasteiger partial charge in [0.05, 0.1) is 18.0 Å². The average molecular weight is 389 g/mol. The molecule has 2 aromatic carbocycles. The summed E-state index contributed by atoms with van der Waals surface area (Å²) >= 11 is 7.45. The Morgan fingerprint density at radius 2 is 2.00 bits per heavy atom. The fraction of sp³-hybridized carbons (Fsp3) is 0.300. The molecule has 0 saturated carbocycles. The van der Waals surface area contributed by atoms with Crippen molar-refractivity contribution in [2.24, 2.45) is 0 Å². The van der Waals surface area contributed by atoms with E-state index in [2.05, 4.69) is 5.32 Å². The molecule has 2 aromatic rings. The smallest absolute Gasteiger partial charge is 0.251 e. The molecule has 0 spiro atoms. The van der Waals surface area contributed by atoms with Crippen molar-refractivity contribution < 1.29 is 9.59 Å². The van der Waals surface area contributed by atoms with Crippen molar-refractivity contribution in [3.05, 3.63) is 58.6 Å². The Morgan fingerprint density at radius 1 is 1.27 bits per heavy atom. The minimum atomic E-state index is -0.114. The van der Waals surface area contributed by atoms with Crippen LogP contribution in [0.2, 0.25) is 5.02 Å². The number of hydrogen-bond donors (Lipinski definition) is 1. The van der Waals surface area contributed by atoms with Crippen LogP contribution in [-0.4, -0.2) is 23.6 Å². The van der Waals surface area contributed by atoms with E-state index in [9.17, 15) is 9.59 Å². The molecule has 6 heteroatoms. The van der Waals surface area contributed by atoms with Gasteiger partial charge in [0.2, 0.25) is 5.91 Å². The van der Waals surface area contributed by atoms with Gasteiger partial charge in [-0.15, -0.1) is 11.8 Å². The van der Waals surface area contributed by atoms with Gasteiger partial charge in [-0.25, -0.2) is 0 Å². The largest absolute Gasteiger partial charge is 0.350 e. The summed E-state index contributed by atoms with van der Waals surface area (Å²) in [5.41, 5.74) is 2.36. The Hall–Kier alpha value is -1.98. The first-order chi connectivity index (χ1) is 12.5. The number of anilines is 1. The van der Waals surface area contributed by atoms with Crippen LogP contribution in [-0.2, 0) is 11.3 Å². The topological polar surface area (TPSA) is 49.4 Å². The quantitative estimate of drug-likeness (QED) is 0.819. The highest BCUT2D eigenvalue weighted by atomic mass is 35.5. The first kappa shape index (κ1) is 18.8. The number of carbonyl (C=O) groups excluding carboxylic acids is 2.